The maximum Gasteiger partial charge on any atom is 0.172 e. The summed E-state index contributed by atoms with van der Waals surface area (Å²) in [5, 5.41) is 3.83. The number of aromatic nitrogens is 1. The van der Waals surface area contributed by atoms with Crippen molar-refractivity contribution in [3.8, 4) is 11.3 Å². The van der Waals surface area contributed by atoms with Crippen LogP contribution in [0.1, 0.15) is 25.3 Å². The van der Waals surface area contributed by atoms with Crippen LogP contribution in [0.3, 0.4) is 0 Å². The third-order valence-electron chi connectivity index (χ3n) is 2.43. The van der Waals surface area contributed by atoms with E-state index in [1.54, 1.807) is 6.20 Å². The molecule has 0 radical (unpaired) electrons. The van der Waals surface area contributed by atoms with Crippen LogP contribution in [0, 0.1) is 0 Å². The molecule has 0 unspecified atom stereocenters. The summed E-state index contributed by atoms with van der Waals surface area (Å²) in [4.78, 5) is 0. The lowest BCUT2D eigenvalue weighted by Crippen LogP contribution is -1.92. The number of nitrogens with two attached hydrogens (primary N) is 1. The van der Waals surface area contributed by atoms with Crippen LogP contribution in [0.2, 0.25) is 0 Å². The van der Waals surface area contributed by atoms with Crippen molar-refractivity contribution in [1.29, 1.82) is 0 Å². The molecule has 0 aliphatic carbocycles. The minimum absolute atomic E-state index is 0.380. The van der Waals surface area contributed by atoms with Gasteiger partial charge in [-0.2, -0.15) is 0 Å². The molecule has 0 saturated carbocycles. The van der Waals surface area contributed by atoms with Gasteiger partial charge in [0.1, 0.15) is 0 Å². The second-order valence-corrected chi connectivity index (χ2v) is 3.85. The molecule has 0 aliphatic rings. The van der Waals surface area contributed by atoms with Gasteiger partial charge in [-0.25, -0.2) is 0 Å². The molecule has 3 heteroatoms. The van der Waals surface area contributed by atoms with Gasteiger partial charge in [0.15, 0.2) is 5.76 Å². The van der Waals surface area contributed by atoms with Crippen molar-refractivity contribution in [3.63, 3.8) is 0 Å². The number of rotatable bonds is 2. The van der Waals surface area contributed by atoms with E-state index in [0.29, 0.717) is 5.92 Å². The zero-order valence-electron chi connectivity index (χ0n) is 8.90. The number of nitrogens with zero attached hydrogens (tertiary/aromatic N) is 1. The van der Waals surface area contributed by atoms with Crippen molar-refractivity contribution >= 4 is 5.69 Å². The van der Waals surface area contributed by atoms with Gasteiger partial charge in [-0.1, -0.05) is 31.1 Å². The van der Waals surface area contributed by atoms with Gasteiger partial charge >= 0.3 is 0 Å². The quantitative estimate of drug-likeness (QED) is 0.761. The predicted molar refractivity (Wildman–Crippen MR) is 60.4 cm³/mol. The Labute approximate surface area is 88.9 Å². The first-order chi connectivity index (χ1) is 7.20. The third kappa shape index (κ3) is 1.73. The SMILES string of the molecule is CC(C)c1cnoc1-c1ccccc1N. The molecule has 2 aromatic rings. The fraction of sp³-hybridized carbons (Fsp3) is 0.250. The second kappa shape index (κ2) is 3.77. The molecule has 0 atom stereocenters. The normalized spacial score (nSPS) is 10.9. The van der Waals surface area contributed by atoms with Gasteiger partial charge in [-0.05, 0) is 18.1 Å². The van der Waals surface area contributed by atoms with Crippen LogP contribution in [-0.4, -0.2) is 5.16 Å². The summed E-state index contributed by atoms with van der Waals surface area (Å²) in [5.41, 5.74) is 8.62. The lowest BCUT2D eigenvalue weighted by Gasteiger charge is -2.06. The first-order valence-electron chi connectivity index (χ1n) is 4.99. The van der Waals surface area contributed by atoms with Crippen LogP contribution >= 0.6 is 0 Å². The summed E-state index contributed by atoms with van der Waals surface area (Å²) in [5.74, 6) is 1.16. The zero-order valence-corrected chi connectivity index (χ0v) is 8.90. The van der Waals surface area contributed by atoms with E-state index in [1.807, 2.05) is 24.3 Å². The van der Waals surface area contributed by atoms with E-state index in [-0.39, 0.29) is 0 Å². The Morgan fingerprint density at radius 1 is 1.27 bits per heavy atom. The zero-order chi connectivity index (χ0) is 10.8. The second-order valence-electron chi connectivity index (χ2n) is 3.85. The van der Waals surface area contributed by atoms with Crippen LogP contribution in [0.5, 0.6) is 0 Å². The van der Waals surface area contributed by atoms with Gasteiger partial charge in [0.25, 0.3) is 0 Å². The maximum absolute atomic E-state index is 5.89. The molecule has 0 bridgehead atoms. The number of nitrogen functional groups attached to an aromatic ring is 1. The molecule has 2 rings (SSSR count). The molecule has 0 spiro atoms. The average Bonchev–Trinajstić information content (AvgIpc) is 2.67. The lowest BCUT2D eigenvalue weighted by atomic mass is 10.00. The molecule has 0 aliphatic heterocycles. The average molecular weight is 202 g/mol. The van der Waals surface area contributed by atoms with Gasteiger partial charge < -0.3 is 10.3 Å². The van der Waals surface area contributed by atoms with Crippen molar-refractivity contribution in [2.75, 3.05) is 5.73 Å². The van der Waals surface area contributed by atoms with E-state index < -0.39 is 0 Å². The summed E-state index contributed by atoms with van der Waals surface area (Å²) in [6.45, 7) is 4.21. The minimum Gasteiger partial charge on any atom is -0.398 e. The highest BCUT2D eigenvalue weighted by atomic mass is 16.5. The molecule has 0 fully saturated rings. The third-order valence-corrected chi connectivity index (χ3v) is 2.43. The van der Waals surface area contributed by atoms with Gasteiger partial charge in [-0.3, -0.25) is 0 Å². The molecule has 1 aromatic carbocycles. The molecule has 1 aromatic heterocycles. The van der Waals surface area contributed by atoms with E-state index in [1.165, 1.54) is 0 Å². The number of hydrogen-bond donors (Lipinski definition) is 1. The summed E-state index contributed by atoms with van der Waals surface area (Å²) < 4.78 is 5.26. The van der Waals surface area contributed by atoms with E-state index in [2.05, 4.69) is 19.0 Å². The van der Waals surface area contributed by atoms with E-state index in [0.717, 1.165) is 22.6 Å². The Morgan fingerprint density at radius 2 is 2.00 bits per heavy atom. The van der Waals surface area contributed by atoms with E-state index in [9.17, 15) is 0 Å². The monoisotopic (exact) mass is 202 g/mol. The van der Waals surface area contributed by atoms with Crippen LogP contribution in [0.4, 0.5) is 5.69 Å². The van der Waals surface area contributed by atoms with Crippen molar-refractivity contribution in [1.82, 2.24) is 5.16 Å². The van der Waals surface area contributed by atoms with Crippen LogP contribution in [-0.2, 0) is 0 Å². The van der Waals surface area contributed by atoms with Gasteiger partial charge in [-0.15, -0.1) is 0 Å². The van der Waals surface area contributed by atoms with Crippen LogP contribution in [0.15, 0.2) is 35.0 Å². The molecule has 2 N–H and O–H groups in total. The first kappa shape index (κ1) is 9.77. The highest BCUT2D eigenvalue weighted by Crippen LogP contribution is 2.32. The Morgan fingerprint density at radius 3 is 2.67 bits per heavy atom. The Balaban J connectivity index is 2.55. The van der Waals surface area contributed by atoms with Crippen molar-refractivity contribution in [3.05, 3.63) is 36.0 Å². The Bertz CT molecular complexity index is 460. The Kier molecular flexibility index (Phi) is 2.46. The van der Waals surface area contributed by atoms with Gasteiger partial charge in [0.2, 0.25) is 0 Å². The molecule has 3 nitrogen and oxygen atoms in total. The standard InChI is InChI=1S/C12H14N2O/c1-8(2)10-7-14-15-12(10)9-5-3-4-6-11(9)13/h3-8H,13H2,1-2H3. The number of para-hydroxylation sites is 1. The number of hydrogen-bond acceptors (Lipinski definition) is 3. The topological polar surface area (TPSA) is 52.0 Å². The minimum atomic E-state index is 0.380. The summed E-state index contributed by atoms with van der Waals surface area (Å²) in [6, 6.07) is 7.66. The van der Waals surface area contributed by atoms with Crippen molar-refractivity contribution < 1.29 is 4.52 Å². The highest BCUT2D eigenvalue weighted by Gasteiger charge is 2.15. The first-order valence-corrected chi connectivity index (χ1v) is 4.99. The molecule has 1 heterocycles. The highest BCUT2D eigenvalue weighted by molar-refractivity contribution is 5.74. The molecule has 0 saturated heterocycles. The summed E-state index contributed by atoms with van der Waals surface area (Å²) in [6.07, 6.45) is 1.76. The smallest absolute Gasteiger partial charge is 0.172 e. The van der Waals surface area contributed by atoms with E-state index in [4.69, 9.17) is 10.3 Å². The fourth-order valence-electron chi connectivity index (χ4n) is 1.57. The van der Waals surface area contributed by atoms with Crippen LogP contribution < -0.4 is 5.73 Å². The van der Waals surface area contributed by atoms with Gasteiger partial charge in [0, 0.05) is 16.8 Å². The summed E-state index contributed by atoms with van der Waals surface area (Å²) in [7, 11) is 0. The number of benzene rings is 1. The lowest BCUT2D eigenvalue weighted by molar-refractivity contribution is 0.431. The Hall–Kier alpha value is -1.77. The van der Waals surface area contributed by atoms with Crippen molar-refractivity contribution in [2.45, 2.75) is 19.8 Å². The van der Waals surface area contributed by atoms with Crippen LogP contribution in [0.25, 0.3) is 11.3 Å². The van der Waals surface area contributed by atoms with Gasteiger partial charge in [0.05, 0.1) is 6.20 Å². The van der Waals surface area contributed by atoms with E-state index >= 15 is 0 Å². The molecule has 78 valence electrons. The maximum atomic E-state index is 5.89. The van der Waals surface area contributed by atoms with Crippen molar-refractivity contribution in [2.24, 2.45) is 0 Å². The molecular formula is C12H14N2O. The fourth-order valence-corrected chi connectivity index (χ4v) is 1.57. The largest absolute Gasteiger partial charge is 0.398 e. The predicted octanol–water partition coefficient (Wildman–Crippen LogP) is 3.05. The molecule has 15 heavy (non-hydrogen) atoms. The number of anilines is 1. The summed E-state index contributed by atoms with van der Waals surface area (Å²) >= 11 is 0. The molecule has 0 amide bonds. The molecular weight excluding hydrogens is 188 g/mol.